The Labute approximate surface area is 127 Å². The van der Waals surface area contributed by atoms with Gasteiger partial charge in [0, 0.05) is 6.54 Å². The summed E-state index contributed by atoms with van der Waals surface area (Å²) in [5.74, 6) is 1.41. The zero-order chi connectivity index (χ0) is 14.7. The highest BCUT2D eigenvalue weighted by Gasteiger charge is 2.34. The van der Waals surface area contributed by atoms with E-state index in [0.29, 0.717) is 12.0 Å². The minimum atomic E-state index is 0.310. The molecule has 1 N–H and O–H groups in total. The summed E-state index contributed by atoms with van der Waals surface area (Å²) in [7, 11) is 6.20. The molecule has 2 rings (SSSR count). The number of aromatic nitrogens is 2. The lowest BCUT2D eigenvalue weighted by Gasteiger charge is -2.28. The van der Waals surface area contributed by atoms with E-state index < -0.39 is 0 Å². The van der Waals surface area contributed by atoms with E-state index in [1.165, 1.54) is 19.3 Å². The van der Waals surface area contributed by atoms with Gasteiger partial charge in [-0.1, -0.05) is 31.4 Å². The van der Waals surface area contributed by atoms with E-state index >= 15 is 0 Å². The summed E-state index contributed by atoms with van der Waals surface area (Å²) >= 11 is 6.42. The van der Waals surface area contributed by atoms with Crippen LogP contribution < -0.4 is 5.32 Å². The molecule has 5 heteroatoms. The zero-order valence-electron chi connectivity index (χ0n) is 13.1. The molecule has 1 fully saturated rings. The quantitative estimate of drug-likeness (QED) is 0.877. The van der Waals surface area contributed by atoms with Crippen molar-refractivity contribution < 1.29 is 0 Å². The SMILES string of the molecule is CNC(c1c(Cl)cnn1CCN(C)C)C1CCCC1C. The normalized spacial score (nSPS) is 24.5. The average molecular weight is 299 g/mol. The molecule has 4 nitrogen and oxygen atoms in total. The predicted molar refractivity (Wildman–Crippen MR) is 84.1 cm³/mol. The van der Waals surface area contributed by atoms with Crippen LogP contribution in [-0.4, -0.2) is 42.4 Å². The molecular formula is C15H27ClN4. The highest BCUT2D eigenvalue weighted by Crippen LogP contribution is 2.41. The van der Waals surface area contributed by atoms with Crippen molar-refractivity contribution in [2.24, 2.45) is 11.8 Å². The van der Waals surface area contributed by atoms with E-state index in [4.69, 9.17) is 11.6 Å². The van der Waals surface area contributed by atoms with Crippen LogP contribution in [-0.2, 0) is 6.54 Å². The Bertz CT molecular complexity index is 430. The van der Waals surface area contributed by atoms with E-state index in [2.05, 4.69) is 41.0 Å². The van der Waals surface area contributed by atoms with Gasteiger partial charge in [0.15, 0.2) is 0 Å². The average Bonchev–Trinajstić information content (AvgIpc) is 2.97. The van der Waals surface area contributed by atoms with Gasteiger partial charge < -0.3 is 10.2 Å². The number of halogens is 1. The molecule has 3 unspecified atom stereocenters. The molecule has 1 aliphatic carbocycles. The Morgan fingerprint density at radius 2 is 2.25 bits per heavy atom. The van der Waals surface area contributed by atoms with E-state index in [9.17, 15) is 0 Å². The van der Waals surface area contributed by atoms with E-state index in [1.807, 2.05) is 7.05 Å². The maximum absolute atomic E-state index is 6.42. The van der Waals surface area contributed by atoms with Crippen molar-refractivity contribution in [3.05, 3.63) is 16.9 Å². The Balaban J connectivity index is 2.22. The lowest BCUT2D eigenvalue weighted by molar-refractivity contribution is 0.293. The fraction of sp³-hybridized carbons (Fsp3) is 0.800. The maximum Gasteiger partial charge on any atom is 0.0834 e. The lowest BCUT2D eigenvalue weighted by Crippen LogP contribution is -2.30. The maximum atomic E-state index is 6.42. The first-order chi connectivity index (χ1) is 9.54. The lowest BCUT2D eigenvalue weighted by atomic mass is 9.88. The summed E-state index contributed by atoms with van der Waals surface area (Å²) in [4.78, 5) is 2.17. The number of hydrogen-bond donors (Lipinski definition) is 1. The Kier molecular flexibility index (Phi) is 5.47. The van der Waals surface area contributed by atoms with Gasteiger partial charge in [-0.25, -0.2) is 0 Å². The Hall–Kier alpha value is -0.580. The third-order valence-corrected chi connectivity index (χ3v) is 4.85. The molecule has 1 aliphatic rings. The van der Waals surface area contributed by atoms with Gasteiger partial charge in [-0.15, -0.1) is 0 Å². The van der Waals surface area contributed by atoms with Crippen molar-refractivity contribution in [2.75, 3.05) is 27.7 Å². The molecule has 1 heterocycles. The van der Waals surface area contributed by atoms with Crippen LogP contribution in [0.2, 0.25) is 5.02 Å². The van der Waals surface area contributed by atoms with Crippen LogP contribution in [0, 0.1) is 11.8 Å². The smallest absolute Gasteiger partial charge is 0.0834 e. The fourth-order valence-corrected chi connectivity index (χ4v) is 3.64. The van der Waals surface area contributed by atoms with Crippen molar-refractivity contribution in [3.63, 3.8) is 0 Å². The second kappa shape index (κ2) is 6.92. The third kappa shape index (κ3) is 3.35. The van der Waals surface area contributed by atoms with Gasteiger partial charge in [-0.2, -0.15) is 5.10 Å². The van der Waals surface area contributed by atoms with Gasteiger partial charge in [0.25, 0.3) is 0 Å². The highest BCUT2D eigenvalue weighted by atomic mass is 35.5. The Morgan fingerprint density at radius 3 is 2.80 bits per heavy atom. The molecule has 0 spiro atoms. The van der Waals surface area contributed by atoms with E-state index in [1.54, 1.807) is 6.20 Å². The van der Waals surface area contributed by atoms with Crippen molar-refractivity contribution in [1.29, 1.82) is 0 Å². The van der Waals surface area contributed by atoms with Gasteiger partial charge in [-0.3, -0.25) is 4.68 Å². The van der Waals surface area contributed by atoms with Gasteiger partial charge in [-0.05, 0) is 39.4 Å². The number of hydrogen-bond acceptors (Lipinski definition) is 3. The monoisotopic (exact) mass is 298 g/mol. The summed E-state index contributed by atoms with van der Waals surface area (Å²) < 4.78 is 2.08. The third-order valence-electron chi connectivity index (χ3n) is 4.55. The van der Waals surface area contributed by atoms with E-state index in [-0.39, 0.29) is 0 Å². The van der Waals surface area contributed by atoms with Gasteiger partial charge in [0.2, 0.25) is 0 Å². The summed E-state index contributed by atoms with van der Waals surface area (Å²) in [5.41, 5.74) is 1.16. The summed E-state index contributed by atoms with van der Waals surface area (Å²) in [5, 5.41) is 8.75. The second-order valence-corrected chi connectivity index (χ2v) is 6.65. The predicted octanol–water partition coefficient (Wildman–Crippen LogP) is 2.79. The van der Waals surface area contributed by atoms with Gasteiger partial charge in [0.05, 0.1) is 29.5 Å². The van der Waals surface area contributed by atoms with Crippen LogP contribution in [0.5, 0.6) is 0 Å². The zero-order valence-corrected chi connectivity index (χ0v) is 13.8. The first-order valence-electron chi connectivity index (χ1n) is 7.57. The summed E-state index contributed by atoms with van der Waals surface area (Å²) in [6, 6.07) is 0.310. The standard InChI is InChI=1S/C15H27ClN4/c1-11-6-5-7-12(11)14(17-2)15-13(16)10-18-20(15)9-8-19(3)4/h10-12,14,17H,5-9H2,1-4H3. The van der Waals surface area contributed by atoms with Gasteiger partial charge in [0.1, 0.15) is 0 Å². The minimum Gasteiger partial charge on any atom is -0.311 e. The van der Waals surface area contributed by atoms with Gasteiger partial charge >= 0.3 is 0 Å². The molecule has 0 aromatic carbocycles. The summed E-state index contributed by atoms with van der Waals surface area (Å²) in [6.07, 6.45) is 5.72. The van der Waals surface area contributed by atoms with Crippen molar-refractivity contribution in [2.45, 2.75) is 38.8 Å². The topological polar surface area (TPSA) is 33.1 Å². The molecule has 0 bridgehead atoms. The fourth-order valence-electron chi connectivity index (χ4n) is 3.38. The van der Waals surface area contributed by atoms with Crippen LogP contribution in [0.1, 0.15) is 37.9 Å². The van der Waals surface area contributed by atoms with E-state index in [0.717, 1.165) is 29.7 Å². The first-order valence-corrected chi connectivity index (χ1v) is 7.95. The molecule has 0 radical (unpaired) electrons. The van der Waals surface area contributed by atoms with Crippen molar-refractivity contribution >= 4 is 11.6 Å². The van der Waals surface area contributed by atoms with Crippen LogP contribution >= 0.6 is 11.6 Å². The molecule has 3 atom stereocenters. The van der Waals surface area contributed by atoms with Crippen LogP contribution in [0.25, 0.3) is 0 Å². The molecule has 0 saturated heterocycles. The molecule has 114 valence electrons. The molecule has 1 aromatic heterocycles. The summed E-state index contributed by atoms with van der Waals surface area (Å²) in [6.45, 7) is 4.21. The van der Waals surface area contributed by atoms with Crippen molar-refractivity contribution in [1.82, 2.24) is 20.0 Å². The molecule has 20 heavy (non-hydrogen) atoms. The second-order valence-electron chi connectivity index (χ2n) is 6.24. The molecular weight excluding hydrogens is 272 g/mol. The van der Waals surface area contributed by atoms with Crippen LogP contribution in [0.3, 0.4) is 0 Å². The number of nitrogens with zero attached hydrogens (tertiary/aromatic N) is 3. The largest absolute Gasteiger partial charge is 0.311 e. The molecule has 1 aromatic rings. The van der Waals surface area contributed by atoms with Crippen LogP contribution in [0.15, 0.2) is 6.20 Å². The molecule has 0 amide bonds. The van der Waals surface area contributed by atoms with Crippen molar-refractivity contribution in [3.8, 4) is 0 Å². The Morgan fingerprint density at radius 1 is 1.50 bits per heavy atom. The number of rotatable bonds is 6. The number of likely N-dealkylation sites (N-methyl/N-ethyl adjacent to an activating group) is 1. The minimum absolute atomic E-state index is 0.310. The molecule has 0 aliphatic heterocycles. The number of nitrogens with one attached hydrogen (secondary N) is 1. The van der Waals surface area contributed by atoms with Crippen LogP contribution in [0.4, 0.5) is 0 Å². The first kappa shape index (κ1) is 15.8. The molecule has 1 saturated carbocycles. The highest BCUT2D eigenvalue weighted by molar-refractivity contribution is 6.31.